The Kier molecular flexibility index (Phi) is 3.29. The molecule has 0 aromatic heterocycles. The number of rotatable bonds is 3. The topological polar surface area (TPSA) is 0 Å². The van der Waals surface area contributed by atoms with Crippen LogP contribution in [0.5, 0.6) is 0 Å². The van der Waals surface area contributed by atoms with Gasteiger partial charge in [-0.3, -0.25) is 0 Å². The highest BCUT2D eigenvalue weighted by Crippen LogP contribution is 2.44. The van der Waals surface area contributed by atoms with Crippen LogP contribution in [0.4, 0.5) is 0 Å². The second-order valence-electron chi connectivity index (χ2n) is 9.65. The molecule has 0 aliphatic heterocycles. The third-order valence-corrected chi connectivity index (χ3v) is 7.34. The van der Waals surface area contributed by atoms with Gasteiger partial charge in [-0.05, 0) is 88.6 Å². The Balaban J connectivity index is 1.49. The van der Waals surface area contributed by atoms with Crippen LogP contribution in [0.3, 0.4) is 0 Å². The number of hydrogen-bond acceptors (Lipinski definition) is 0. The Morgan fingerprint density at radius 1 is 0.350 bits per heavy atom. The van der Waals surface area contributed by atoms with Gasteiger partial charge >= 0.3 is 0 Å². The first-order valence-electron chi connectivity index (χ1n) is 18.5. The minimum absolute atomic E-state index is 0.0164. The van der Waals surface area contributed by atoms with E-state index in [0.717, 1.165) is 10.8 Å². The molecule has 0 spiro atoms. The molecule has 0 heterocycles. The molecule has 8 rings (SSSR count). The van der Waals surface area contributed by atoms with Gasteiger partial charge in [-0.15, -0.1) is 0 Å². The van der Waals surface area contributed by atoms with Crippen LogP contribution < -0.4 is 0 Å². The van der Waals surface area contributed by atoms with Crippen LogP contribution in [0.1, 0.15) is 15.1 Å². The van der Waals surface area contributed by atoms with Crippen molar-refractivity contribution in [2.24, 2.45) is 0 Å². The lowest BCUT2D eigenvalue weighted by atomic mass is 9.85. The quantitative estimate of drug-likeness (QED) is 0.204. The molecule has 40 heavy (non-hydrogen) atoms. The molecule has 0 amide bonds. The fourth-order valence-electron chi connectivity index (χ4n) is 5.50. The summed E-state index contributed by atoms with van der Waals surface area (Å²) in [6.45, 7) is 0. The van der Waals surface area contributed by atoms with E-state index in [0.29, 0.717) is 38.2 Å². The lowest BCUT2D eigenvalue weighted by molar-refractivity contribution is 1.63. The predicted octanol–water partition coefficient (Wildman–Crippen LogP) is 11.3. The number of fused-ring (bicyclic) bond motifs is 4. The molecule has 0 heteroatoms. The molecule has 0 atom stereocenters. The summed E-state index contributed by atoms with van der Waals surface area (Å²) in [4.78, 5) is 0. The number of hydrogen-bond donors (Lipinski definition) is 0. The average molecular weight is 518 g/mol. The van der Waals surface area contributed by atoms with Crippen molar-refractivity contribution in [1.29, 1.82) is 0 Å². The van der Waals surface area contributed by atoms with E-state index in [-0.39, 0.29) is 63.7 Å². The largest absolute Gasteiger partial charge is 0.0636 e. The molecular weight excluding hydrogens is 480 g/mol. The smallest absolute Gasteiger partial charge is 0.0616 e. The first-order valence-corrected chi connectivity index (χ1v) is 13.0. The van der Waals surface area contributed by atoms with Crippen molar-refractivity contribution >= 4 is 43.1 Å². The van der Waals surface area contributed by atoms with Crippen LogP contribution in [0.15, 0.2) is 157 Å². The van der Waals surface area contributed by atoms with Gasteiger partial charge in [0.1, 0.15) is 0 Å². The van der Waals surface area contributed by atoms with Crippen molar-refractivity contribution in [2.75, 3.05) is 0 Å². The summed E-state index contributed by atoms with van der Waals surface area (Å²) in [6, 6.07) is 23.5. The molecule has 0 aliphatic carbocycles. The molecule has 8 aromatic rings. The highest BCUT2D eigenvalue weighted by atomic mass is 14.2. The minimum atomic E-state index is -0.542. The maximum absolute atomic E-state index is 9.31. The molecule has 0 N–H and O–H groups in total. The van der Waals surface area contributed by atoms with Crippen LogP contribution in [0.25, 0.3) is 76.5 Å². The molecule has 0 radical (unpaired) electrons. The van der Waals surface area contributed by atoms with Gasteiger partial charge in [-0.2, -0.15) is 0 Å². The van der Waals surface area contributed by atoms with E-state index in [1.807, 2.05) is 36.4 Å². The zero-order valence-corrected chi connectivity index (χ0v) is 21.2. The van der Waals surface area contributed by atoms with Crippen molar-refractivity contribution in [1.82, 2.24) is 0 Å². The maximum atomic E-state index is 9.31. The second kappa shape index (κ2) is 9.22. The van der Waals surface area contributed by atoms with Gasteiger partial charge in [0.25, 0.3) is 0 Å². The molecule has 0 saturated heterocycles. The molecule has 186 valence electrons. The lowest BCUT2D eigenvalue weighted by Gasteiger charge is -2.18. The molecule has 0 aliphatic rings. The van der Waals surface area contributed by atoms with E-state index >= 15 is 0 Å². The van der Waals surface area contributed by atoms with Crippen molar-refractivity contribution in [3.8, 4) is 33.4 Å². The SMILES string of the molecule is [2H]c1c([2H])c(-c2c3ccccc3c(-c3c([2H])c([2H])c4c([2H])c([2H])c([2H])c([2H])c4c3[2H])c3ccccc23)c([2H])c([2H])c1-c1ccc2ccccc2c1. The van der Waals surface area contributed by atoms with Gasteiger partial charge < -0.3 is 0 Å². The van der Waals surface area contributed by atoms with Crippen LogP contribution in [-0.4, -0.2) is 0 Å². The van der Waals surface area contributed by atoms with Gasteiger partial charge in [0, 0.05) is 0 Å². The highest BCUT2D eigenvalue weighted by molar-refractivity contribution is 6.21. The van der Waals surface area contributed by atoms with E-state index in [4.69, 9.17) is 11.0 Å². The van der Waals surface area contributed by atoms with Crippen LogP contribution in [-0.2, 0) is 0 Å². The summed E-state index contributed by atoms with van der Waals surface area (Å²) in [5, 5.41) is 3.65. The predicted molar refractivity (Wildman–Crippen MR) is 173 cm³/mol. The Bertz CT molecular complexity index is 2740. The summed E-state index contributed by atoms with van der Waals surface area (Å²) >= 11 is 0. The second-order valence-corrected chi connectivity index (χ2v) is 9.65. The van der Waals surface area contributed by atoms with Crippen molar-refractivity contribution in [3.63, 3.8) is 0 Å². The molecule has 0 fully saturated rings. The monoisotopic (exact) mass is 517 g/mol. The van der Waals surface area contributed by atoms with Crippen LogP contribution in [0, 0.1) is 0 Å². The molecule has 0 nitrogen and oxygen atoms in total. The Morgan fingerprint density at radius 3 is 1.55 bits per heavy atom. The minimum Gasteiger partial charge on any atom is -0.0616 e. The summed E-state index contributed by atoms with van der Waals surface area (Å²) in [5.74, 6) is 0. The first-order chi connectivity index (χ1) is 24.4. The van der Waals surface area contributed by atoms with E-state index in [2.05, 4.69) is 0 Å². The zero-order chi connectivity index (χ0) is 36.0. The van der Waals surface area contributed by atoms with Gasteiger partial charge in [-0.1, -0.05) is 145 Å². The summed E-state index contributed by atoms with van der Waals surface area (Å²) in [6.07, 6.45) is 0. The fraction of sp³-hybridized carbons (Fsp3) is 0. The zero-order valence-electron chi connectivity index (χ0n) is 32.2. The summed E-state index contributed by atoms with van der Waals surface area (Å²) in [5.41, 5.74) is 1.70. The Labute approximate surface area is 249 Å². The third-order valence-electron chi connectivity index (χ3n) is 7.34. The van der Waals surface area contributed by atoms with Crippen LogP contribution >= 0.6 is 0 Å². The van der Waals surface area contributed by atoms with E-state index in [1.165, 1.54) is 0 Å². The standard InChI is InChI=1S/C40H26/c1-3-11-31-25-33(23-19-27(31)9-1)29-17-21-30(22-18-29)39-35-13-5-7-15-37(35)40(38-16-8-6-14-36(38)39)34-24-20-28-10-2-4-12-32(28)26-34/h1-26H/i2D,4D,10D,12D,17D,18D,20D,21D,22D,24D,26D. The van der Waals surface area contributed by atoms with Crippen molar-refractivity contribution in [3.05, 3.63) is 157 Å². The maximum Gasteiger partial charge on any atom is 0.0636 e. The number of benzene rings is 8. The summed E-state index contributed by atoms with van der Waals surface area (Å²) in [7, 11) is 0. The average Bonchev–Trinajstić information content (AvgIpc) is 3.14. The molecule has 0 bridgehead atoms. The van der Waals surface area contributed by atoms with E-state index < -0.39 is 30.2 Å². The molecule has 0 saturated carbocycles. The van der Waals surface area contributed by atoms with E-state index in [9.17, 15) is 4.11 Å². The Morgan fingerprint density at radius 2 is 0.875 bits per heavy atom. The molecule has 0 unspecified atom stereocenters. The summed E-state index contributed by atoms with van der Waals surface area (Å²) < 4.78 is 97.8. The fourth-order valence-corrected chi connectivity index (χ4v) is 5.50. The normalized spacial score (nSPS) is 15.3. The van der Waals surface area contributed by atoms with Crippen molar-refractivity contribution < 1.29 is 15.1 Å². The van der Waals surface area contributed by atoms with Crippen LogP contribution in [0.2, 0.25) is 0 Å². The van der Waals surface area contributed by atoms with Gasteiger partial charge in [0.05, 0.1) is 15.1 Å². The molecule has 8 aromatic carbocycles. The van der Waals surface area contributed by atoms with Gasteiger partial charge in [0.2, 0.25) is 0 Å². The van der Waals surface area contributed by atoms with Gasteiger partial charge in [0.15, 0.2) is 0 Å². The van der Waals surface area contributed by atoms with Crippen molar-refractivity contribution in [2.45, 2.75) is 0 Å². The van der Waals surface area contributed by atoms with Gasteiger partial charge in [-0.25, -0.2) is 0 Å². The first kappa shape index (κ1) is 14.3. The highest BCUT2D eigenvalue weighted by Gasteiger charge is 2.16. The third kappa shape index (κ3) is 3.69. The lowest BCUT2D eigenvalue weighted by Crippen LogP contribution is -1.91. The molecular formula is C40H26. The Hall–Kier alpha value is -5.20. The van der Waals surface area contributed by atoms with E-state index in [1.54, 1.807) is 54.6 Å².